The minimum Gasteiger partial charge on any atom is -0.487 e. The number of aliphatic hydroxyl groups is 1. The molecular weight excluding hydrogens is 524 g/mol. The Kier molecular flexibility index (Phi) is 7.79. The number of carbonyl (C=O) groups excluding carboxylic acids is 1. The molecule has 0 radical (unpaired) electrons. The zero-order chi connectivity index (χ0) is 22.3. The zero-order valence-corrected chi connectivity index (χ0v) is 19.6. The van der Waals surface area contributed by atoms with Crippen LogP contribution in [0.5, 0.6) is 5.75 Å². The first-order chi connectivity index (χ1) is 15.0. The van der Waals surface area contributed by atoms with Gasteiger partial charge in [0.15, 0.2) is 5.60 Å². The predicted octanol–water partition coefficient (Wildman–Crippen LogP) is 5.16. The van der Waals surface area contributed by atoms with Gasteiger partial charge in [-0.2, -0.15) is 5.10 Å². The number of amides is 1. The molecule has 0 atom stereocenters. The van der Waals surface area contributed by atoms with Gasteiger partial charge in [-0.3, -0.25) is 4.79 Å². The third-order valence-electron chi connectivity index (χ3n) is 4.46. The molecule has 0 aromatic heterocycles. The standard InChI is InChI=1S/C24H20Br2N2O3/c1-2-13-31-22-20(25)14-17(15-21(22)26)16-27-28-23(29)24(30,18-9-5-3-6-10-18)19-11-7-4-8-12-19/h2-12,14-16,30H,1,13H2,(H,28,29)/b27-16-. The van der Waals surface area contributed by atoms with Gasteiger partial charge in [0.1, 0.15) is 12.4 Å². The lowest BCUT2D eigenvalue weighted by Crippen LogP contribution is -2.43. The van der Waals surface area contributed by atoms with Crippen LogP contribution in [-0.4, -0.2) is 23.8 Å². The van der Waals surface area contributed by atoms with Gasteiger partial charge in [-0.15, -0.1) is 0 Å². The molecular formula is C24H20Br2N2O3. The molecule has 0 unspecified atom stereocenters. The van der Waals surface area contributed by atoms with Gasteiger partial charge in [-0.05, 0) is 60.7 Å². The van der Waals surface area contributed by atoms with Gasteiger partial charge < -0.3 is 9.84 Å². The topological polar surface area (TPSA) is 70.9 Å². The van der Waals surface area contributed by atoms with Gasteiger partial charge in [-0.25, -0.2) is 5.43 Å². The number of benzene rings is 3. The zero-order valence-electron chi connectivity index (χ0n) is 16.5. The van der Waals surface area contributed by atoms with Crippen molar-refractivity contribution < 1.29 is 14.6 Å². The molecule has 7 heteroatoms. The van der Waals surface area contributed by atoms with Gasteiger partial charge in [0.05, 0.1) is 15.2 Å². The number of halogens is 2. The van der Waals surface area contributed by atoms with Crippen LogP contribution in [-0.2, 0) is 10.4 Å². The van der Waals surface area contributed by atoms with E-state index in [1.807, 2.05) is 12.1 Å². The molecule has 3 aromatic rings. The van der Waals surface area contributed by atoms with E-state index in [0.29, 0.717) is 29.0 Å². The van der Waals surface area contributed by atoms with Crippen molar-refractivity contribution in [1.29, 1.82) is 0 Å². The van der Waals surface area contributed by atoms with Crippen LogP contribution in [0.2, 0.25) is 0 Å². The number of nitrogens with one attached hydrogen (secondary N) is 1. The highest BCUT2D eigenvalue weighted by atomic mass is 79.9. The number of rotatable bonds is 8. The highest BCUT2D eigenvalue weighted by molar-refractivity contribution is 9.11. The van der Waals surface area contributed by atoms with Crippen LogP contribution in [0.4, 0.5) is 0 Å². The molecule has 5 nitrogen and oxygen atoms in total. The highest BCUT2D eigenvalue weighted by Gasteiger charge is 2.39. The molecule has 0 aliphatic heterocycles. The largest absolute Gasteiger partial charge is 0.487 e. The second kappa shape index (κ2) is 10.5. The lowest BCUT2D eigenvalue weighted by Gasteiger charge is -2.27. The molecule has 1 amide bonds. The minimum absolute atomic E-state index is 0.373. The summed E-state index contributed by atoms with van der Waals surface area (Å²) in [5.74, 6) is -0.0196. The summed E-state index contributed by atoms with van der Waals surface area (Å²) < 4.78 is 7.05. The minimum atomic E-state index is -1.89. The smallest absolute Gasteiger partial charge is 0.281 e. The van der Waals surface area contributed by atoms with Crippen molar-refractivity contribution in [1.82, 2.24) is 5.43 Å². The third-order valence-corrected chi connectivity index (χ3v) is 5.64. The van der Waals surface area contributed by atoms with Crippen LogP contribution in [0, 0.1) is 0 Å². The molecule has 0 heterocycles. The molecule has 0 saturated carbocycles. The Morgan fingerprint density at radius 2 is 1.55 bits per heavy atom. The summed E-state index contributed by atoms with van der Waals surface area (Å²) in [4.78, 5) is 13.0. The maximum atomic E-state index is 13.0. The van der Waals surface area contributed by atoms with Crippen LogP contribution in [0.1, 0.15) is 16.7 Å². The quantitative estimate of drug-likeness (QED) is 0.234. The molecule has 0 aliphatic rings. The molecule has 3 rings (SSSR count). The Morgan fingerprint density at radius 1 is 1.03 bits per heavy atom. The number of nitrogens with zero attached hydrogens (tertiary/aromatic N) is 1. The fourth-order valence-corrected chi connectivity index (χ4v) is 4.42. The number of ether oxygens (including phenoxy) is 1. The van der Waals surface area contributed by atoms with Crippen molar-refractivity contribution in [3.8, 4) is 5.75 Å². The Bertz CT molecular complexity index is 1020. The van der Waals surface area contributed by atoms with Crippen LogP contribution >= 0.6 is 31.9 Å². The van der Waals surface area contributed by atoms with E-state index < -0.39 is 11.5 Å². The molecule has 0 bridgehead atoms. The van der Waals surface area contributed by atoms with Crippen molar-refractivity contribution in [3.63, 3.8) is 0 Å². The molecule has 31 heavy (non-hydrogen) atoms. The second-order valence-electron chi connectivity index (χ2n) is 6.55. The lowest BCUT2D eigenvalue weighted by molar-refractivity contribution is -0.136. The molecule has 158 valence electrons. The molecule has 3 aromatic carbocycles. The molecule has 2 N–H and O–H groups in total. The first kappa shape index (κ1) is 22.9. The van der Waals surface area contributed by atoms with E-state index in [9.17, 15) is 9.90 Å². The molecule has 0 fully saturated rings. The van der Waals surface area contributed by atoms with Gasteiger partial charge in [0, 0.05) is 0 Å². The van der Waals surface area contributed by atoms with Gasteiger partial charge in [0.2, 0.25) is 0 Å². The third kappa shape index (κ3) is 5.31. The van der Waals surface area contributed by atoms with Crippen molar-refractivity contribution in [2.75, 3.05) is 6.61 Å². The van der Waals surface area contributed by atoms with Crippen LogP contribution in [0.3, 0.4) is 0 Å². The monoisotopic (exact) mass is 542 g/mol. The van der Waals surface area contributed by atoms with Gasteiger partial charge in [-0.1, -0.05) is 73.3 Å². The molecule has 0 spiro atoms. The Labute approximate surface area is 197 Å². The van der Waals surface area contributed by atoms with Gasteiger partial charge in [0.25, 0.3) is 5.91 Å². The summed E-state index contributed by atoms with van der Waals surface area (Å²) in [6, 6.07) is 21.1. The first-order valence-corrected chi connectivity index (χ1v) is 10.9. The summed E-state index contributed by atoms with van der Waals surface area (Å²) in [7, 11) is 0. The van der Waals surface area contributed by atoms with E-state index in [-0.39, 0.29) is 0 Å². The van der Waals surface area contributed by atoms with Crippen molar-refractivity contribution >= 4 is 44.0 Å². The number of hydrogen-bond donors (Lipinski definition) is 2. The fourth-order valence-electron chi connectivity index (χ4n) is 2.97. The average molecular weight is 544 g/mol. The van der Waals surface area contributed by atoms with E-state index >= 15 is 0 Å². The van der Waals surface area contributed by atoms with E-state index in [2.05, 4.69) is 49.0 Å². The molecule has 0 saturated heterocycles. The number of hydrogen-bond acceptors (Lipinski definition) is 4. The van der Waals surface area contributed by atoms with Crippen LogP contribution in [0.15, 0.2) is 99.5 Å². The van der Waals surface area contributed by atoms with Gasteiger partial charge >= 0.3 is 0 Å². The van der Waals surface area contributed by atoms with Crippen molar-refractivity contribution in [2.45, 2.75) is 5.60 Å². The van der Waals surface area contributed by atoms with E-state index in [0.717, 1.165) is 8.95 Å². The summed E-state index contributed by atoms with van der Waals surface area (Å²) >= 11 is 6.93. The second-order valence-corrected chi connectivity index (χ2v) is 8.26. The summed E-state index contributed by atoms with van der Waals surface area (Å²) in [6.07, 6.45) is 3.14. The maximum Gasteiger partial charge on any atom is 0.281 e. The van der Waals surface area contributed by atoms with Crippen molar-refractivity contribution in [2.24, 2.45) is 5.10 Å². The summed E-state index contributed by atoms with van der Waals surface area (Å²) in [5, 5.41) is 15.5. The normalized spacial score (nSPS) is 11.3. The fraction of sp³-hybridized carbons (Fsp3) is 0.0833. The van der Waals surface area contributed by atoms with Crippen molar-refractivity contribution in [3.05, 3.63) is 111 Å². The van der Waals surface area contributed by atoms with E-state index in [1.54, 1.807) is 66.7 Å². The average Bonchev–Trinajstić information content (AvgIpc) is 2.79. The number of carbonyl (C=O) groups is 1. The SMILES string of the molecule is C=CCOc1c(Br)cc(/C=N\NC(=O)C(O)(c2ccccc2)c2ccccc2)cc1Br. The molecule has 0 aliphatic carbocycles. The summed E-state index contributed by atoms with van der Waals surface area (Å²) in [5.41, 5.74) is 2.19. The lowest BCUT2D eigenvalue weighted by atomic mass is 9.85. The summed E-state index contributed by atoms with van der Waals surface area (Å²) in [6.45, 7) is 4.01. The Morgan fingerprint density at radius 3 is 2.03 bits per heavy atom. The maximum absolute atomic E-state index is 13.0. The Hall–Kier alpha value is -2.74. The van der Waals surface area contributed by atoms with Crippen LogP contribution < -0.4 is 10.2 Å². The van der Waals surface area contributed by atoms with E-state index in [1.165, 1.54) is 6.21 Å². The van der Waals surface area contributed by atoms with E-state index in [4.69, 9.17) is 4.74 Å². The predicted molar refractivity (Wildman–Crippen MR) is 129 cm³/mol. The van der Waals surface area contributed by atoms with Crippen LogP contribution in [0.25, 0.3) is 0 Å². The number of hydrazone groups is 1. The Balaban J connectivity index is 1.84. The first-order valence-electron chi connectivity index (χ1n) is 9.36. The highest BCUT2D eigenvalue weighted by Crippen LogP contribution is 2.34.